The molecule has 1 radical (unpaired) electrons. The second-order valence-electron chi connectivity index (χ2n) is 6.33. The van der Waals surface area contributed by atoms with Crippen molar-refractivity contribution in [1.29, 1.82) is 0 Å². The van der Waals surface area contributed by atoms with Crippen LogP contribution in [0.3, 0.4) is 0 Å². The van der Waals surface area contributed by atoms with E-state index in [1.165, 1.54) is 6.47 Å². The molecule has 0 rings (SSSR count). The molecule has 0 fully saturated rings. The van der Waals surface area contributed by atoms with Crippen LogP contribution in [0.1, 0.15) is 62.3 Å². The lowest BCUT2D eigenvalue weighted by Crippen LogP contribution is -2.17. The van der Waals surface area contributed by atoms with E-state index in [0.717, 1.165) is 11.8 Å². The number of hydrogen-bond acceptors (Lipinski definition) is 4. The summed E-state index contributed by atoms with van der Waals surface area (Å²) in [5.74, 6) is 1.67. The van der Waals surface area contributed by atoms with Crippen LogP contribution in [0.25, 0.3) is 0 Å². The minimum atomic E-state index is -1.83. The zero-order valence-electron chi connectivity index (χ0n) is 15.6. The largest absolute Gasteiger partial charge is 0.503 e. The summed E-state index contributed by atoms with van der Waals surface area (Å²) >= 11 is 0. The van der Waals surface area contributed by atoms with Crippen LogP contribution in [0.4, 0.5) is 9.59 Å². The summed E-state index contributed by atoms with van der Waals surface area (Å²) in [5.41, 5.74) is -0.373. The van der Waals surface area contributed by atoms with Gasteiger partial charge in [0.15, 0.2) is 0 Å². The van der Waals surface area contributed by atoms with Crippen molar-refractivity contribution in [1.82, 2.24) is 0 Å². The highest BCUT2D eigenvalue weighted by Gasteiger charge is 2.08. The van der Waals surface area contributed by atoms with Crippen LogP contribution in [0.5, 0.6) is 0 Å². The molecule has 0 saturated carbocycles. The molecule has 141 valence electrons. The lowest BCUT2D eigenvalue weighted by atomic mass is 10.2. The Balaban J connectivity index is -0.0000000604. The van der Waals surface area contributed by atoms with Gasteiger partial charge < -0.3 is 25.2 Å². The van der Waals surface area contributed by atoms with Gasteiger partial charge in [0.2, 0.25) is 0 Å². The average molecular weight is 341 g/mol. The van der Waals surface area contributed by atoms with Gasteiger partial charge in [-0.15, -0.1) is 0 Å². The van der Waals surface area contributed by atoms with Crippen LogP contribution in [0, 0.1) is 11.8 Å². The van der Waals surface area contributed by atoms with E-state index in [1.807, 2.05) is 0 Å². The molecule has 0 aromatic rings. The van der Waals surface area contributed by atoms with E-state index >= 15 is 0 Å². The van der Waals surface area contributed by atoms with Gasteiger partial charge in [0.25, 0.3) is 0 Å². The third kappa shape index (κ3) is 1610. The van der Waals surface area contributed by atoms with Crippen molar-refractivity contribution < 1.29 is 39.5 Å². The lowest BCUT2D eigenvalue weighted by molar-refractivity contribution is 0.109. The summed E-state index contributed by atoms with van der Waals surface area (Å²) < 4.78 is 4.42. The Labute approximate surface area is 139 Å². The molecule has 0 atom stereocenters. The standard InChI is InChI=1S/C5H9O2.2C4H10.2CH2O3/c1-5(2,3)7-4-6;2*1-4(2)3;2*2-1(3)4/h1-3H3;2*4H,1-3H3;2*(H2,2,3,4). The number of carbonyl (C=O) groups excluding carboxylic acids is 1. The number of rotatable bonds is 1. The molecule has 4 N–H and O–H groups in total. The van der Waals surface area contributed by atoms with E-state index < -0.39 is 12.3 Å². The Morgan fingerprint density at radius 2 is 0.913 bits per heavy atom. The smallest absolute Gasteiger partial charge is 0.452 e. The SMILES string of the molecule is CC(C)(C)O[C]=O.CC(C)C.CC(C)C.O=C(O)O.O=C(O)O. The fraction of sp³-hybridized carbons (Fsp3) is 0.800. The van der Waals surface area contributed by atoms with Gasteiger partial charge in [-0.3, -0.25) is 0 Å². The molecule has 0 aliphatic heterocycles. The molecule has 0 aliphatic carbocycles. The average Bonchev–Trinajstić information content (AvgIpc) is 2.09. The third-order valence-electron chi connectivity index (χ3n) is 0.348. The molecule has 8 nitrogen and oxygen atoms in total. The summed E-state index contributed by atoms with van der Waals surface area (Å²) in [6.07, 6.45) is -3.67. The second kappa shape index (κ2) is 22.3. The zero-order chi connectivity index (χ0) is 20.2. The monoisotopic (exact) mass is 341 g/mol. The molecule has 0 bridgehead atoms. The Morgan fingerprint density at radius 3 is 0.913 bits per heavy atom. The maximum atomic E-state index is 9.47. The zero-order valence-corrected chi connectivity index (χ0v) is 15.6. The predicted octanol–water partition coefficient (Wildman–Crippen LogP) is 4.64. The number of hydrogen-bond donors (Lipinski definition) is 4. The van der Waals surface area contributed by atoms with Crippen molar-refractivity contribution >= 4 is 18.8 Å². The van der Waals surface area contributed by atoms with Crippen LogP contribution in [-0.4, -0.2) is 44.8 Å². The number of carboxylic acid groups (broad SMARTS) is 4. The molecule has 0 saturated heterocycles. The van der Waals surface area contributed by atoms with Crippen LogP contribution in [0.15, 0.2) is 0 Å². The molecule has 23 heavy (non-hydrogen) atoms. The minimum absolute atomic E-state index is 0.373. The Bertz CT molecular complexity index is 236. The Hall–Kier alpha value is -1.99. The van der Waals surface area contributed by atoms with E-state index in [0.29, 0.717) is 0 Å². The summed E-state index contributed by atoms with van der Waals surface area (Å²) in [7, 11) is 0. The number of carbonyl (C=O) groups is 2. The van der Waals surface area contributed by atoms with Crippen molar-refractivity contribution in [2.75, 3.05) is 0 Å². The molecule has 0 aromatic carbocycles. The van der Waals surface area contributed by atoms with Crippen LogP contribution >= 0.6 is 0 Å². The molecule has 0 spiro atoms. The van der Waals surface area contributed by atoms with Crippen LogP contribution < -0.4 is 0 Å². The maximum Gasteiger partial charge on any atom is 0.503 e. The molecule has 8 heteroatoms. The van der Waals surface area contributed by atoms with Gasteiger partial charge in [-0.05, 0) is 32.6 Å². The first-order valence-electron chi connectivity index (χ1n) is 6.88. The second-order valence-corrected chi connectivity index (χ2v) is 6.33. The highest BCUT2D eigenvalue weighted by molar-refractivity contribution is 5.53. The lowest BCUT2D eigenvalue weighted by Gasteiger charge is -2.13. The van der Waals surface area contributed by atoms with Crippen molar-refractivity contribution in [2.45, 2.75) is 67.9 Å². The molecule has 0 aliphatic rings. The summed E-state index contributed by atoms with van der Waals surface area (Å²) in [4.78, 5) is 26.6. The van der Waals surface area contributed by atoms with E-state index in [-0.39, 0.29) is 5.60 Å². The number of ether oxygens (including phenoxy) is 1. The van der Waals surface area contributed by atoms with Gasteiger partial charge >= 0.3 is 18.8 Å². The van der Waals surface area contributed by atoms with Crippen molar-refractivity contribution in [3.63, 3.8) is 0 Å². The predicted molar refractivity (Wildman–Crippen MR) is 88.9 cm³/mol. The molecular weight excluding hydrogens is 308 g/mol. The first-order chi connectivity index (χ1) is 9.99. The topological polar surface area (TPSA) is 141 Å². The molecule has 0 amide bonds. The van der Waals surface area contributed by atoms with E-state index in [4.69, 9.17) is 30.0 Å². The molecule has 0 aromatic heterocycles. The quantitative estimate of drug-likeness (QED) is 0.540. The van der Waals surface area contributed by atoms with Gasteiger partial charge in [-0.2, -0.15) is 0 Å². The van der Waals surface area contributed by atoms with Crippen LogP contribution in [-0.2, 0) is 9.53 Å². The van der Waals surface area contributed by atoms with Gasteiger partial charge in [0, 0.05) is 0 Å². The maximum absolute atomic E-state index is 9.47. The fourth-order valence-electron chi connectivity index (χ4n) is 0.125. The molecular formula is C15H33O8. The van der Waals surface area contributed by atoms with Gasteiger partial charge in [0.1, 0.15) is 5.60 Å². The van der Waals surface area contributed by atoms with E-state index in [1.54, 1.807) is 20.8 Å². The summed E-state index contributed by atoms with van der Waals surface area (Å²) in [5, 5.41) is 27.9. The summed E-state index contributed by atoms with van der Waals surface area (Å²) in [6.45, 7) is 19.7. The minimum Gasteiger partial charge on any atom is -0.452 e. The Kier molecular flexibility index (Phi) is 31.8. The van der Waals surface area contributed by atoms with Gasteiger partial charge in [0.05, 0.1) is 0 Å². The van der Waals surface area contributed by atoms with E-state index in [9.17, 15) is 4.79 Å². The highest BCUT2D eigenvalue weighted by atomic mass is 16.6. The highest BCUT2D eigenvalue weighted by Crippen LogP contribution is 2.02. The van der Waals surface area contributed by atoms with Crippen molar-refractivity contribution in [3.8, 4) is 0 Å². The van der Waals surface area contributed by atoms with Gasteiger partial charge in [-0.25, -0.2) is 14.4 Å². The summed E-state index contributed by atoms with van der Waals surface area (Å²) in [6, 6.07) is 0. The van der Waals surface area contributed by atoms with Crippen molar-refractivity contribution in [3.05, 3.63) is 0 Å². The first-order valence-corrected chi connectivity index (χ1v) is 6.88. The molecule has 0 unspecified atom stereocenters. The van der Waals surface area contributed by atoms with Gasteiger partial charge in [-0.1, -0.05) is 41.5 Å². The van der Waals surface area contributed by atoms with Crippen LogP contribution in [0.2, 0.25) is 0 Å². The third-order valence-corrected chi connectivity index (χ3v) is 0.348. The fourth-order valence-corrected chi connectivity index (χ4v) is 0.125. The molecule has 0 heterocycles. The first kappa shape index (κ1) is 32.8. The Morgan fingerprint density at radius 1 is 0.783 bits per heavy atom. The normalized spacial score (nSPS) is 8.48. The van der Waals surface area contributed by atoms with E-state index in [2.05, 4.69) is 46.3 Å². The van der Waals surface area contributed by atoms with Crippen molar-refractivity contribution in [2.24, 2.45) is 11.8 Å².